The number of hydrogen-bond acceptors (Lipinski definition) is 4. The second kappa shape index (κ2) is 6.86. The Morgan fingerprint density at radius 2 is 1.42 bits per heavy atom. The Morgan fingerprint density at radius 3 is 2.00 bits per heavy atom. The number of fused-ring (bicyclic) bond motifs is 1. The fourth-order valence-corrected chi connectivity index (χ4v) is 5.04. The zero-order valence-electron chi connectivity index (χ0n) is 15.0. The van der Waals surface area contributed by atoms with Crippen LogP contribution >= 0.6 is 0 Å². The molecule has 5 heteroatoms. The molecule has 1 heterocycles. The number of amides is 2. The SMILES string of the molecule is O=C1c2ccccc2C(=O)N1OC(=O)C1(C2CCCCC2)CCCCC1. The molecule has 1 aliphatic heterocycles. The molecule has 0 spiro atoms. The molecule has 0 atom stereocenters. The third-order valence-electron chi connectivity index (χ3n) is 6.47. The van der Waals surface area contributed by atoms with Crippen molar-refractivity contribution in [2.45, 2.75) is 64.2 Å². The summed E-state index contributed by atoms with van der Waals surface area (Å²) in [6.45, 7) is 0. The van der Waals surface area contributed by atoms with Crippen LogP contribution < -0.4 is 0 Å². The van der Waals surface area contributed by atoms with E-state index in [2.05, 4.69) is 0 Å². The van der Waals surface area contributed by atoms with Crippen LogP contribution in [-0.4, -0.2) is 22.8 Å². The number of hydrogen-bond donors (Lipinski definition) is 0. The summed E-state index contributed by atoms with van der Waals surface area (Å²) in [6, 6.07) is 6.61. The largest absolute Gasteiger partial charge is 0.339 e. The monoisotopic (exact) mass is 355 g/mol. The summed E-state index contributed by atoms with van der Waals surface area (Å²) in [5, 5.41) is 0.687. The number of carbonyl (C=O) groups excluding carboxylic acids is 3. The van der Waals surface area contributed by atoms with E-state index in [1.165, 1.54) is 6.42 Å². The summed E-state index contributed by atoms with van der Waals surface area (Å²) in [4.78, 5) is 43.8. The smallest absolute Gasteiger partial charge is 0.329 e. The quantitative estimate of drug-likeness (QED) is 0.760. The van der Waals surface area contributed by atoms with Gasteiger partial charge in [0, 0.05) is 0 Å². The molecule has 2 fully saturated rings. The molecule has 1 aromatic carbocycles. The molecule has 138 valence electrons. The van der Waals surface area contributed by atoms with Crippen molar-refractivity contribution in [3.05, 3.63) is 35.4 Å². The van der Waals surface area contributed by atoms with Crippen LogP contribution in [-0.2, 0) is 9.63 Å². The molecule has 1 aromatic rings. The van der Waals surface area contributed by atoms with Crippen LogP contribution in [0.4, 0.5) is 0 Å². The van der Waals surface area contributed by atoms with Gasteiger partial charge >= 0.3 is 5.97 Å². The maximum Gasteiger partial charge on any atom is 0.339 e. The Balaban J connectivity index is 1.57. The summed E-state index contributed by atoms with van der Waals surface area (Å²) in [5.74, 6) is -1.14. The average molecular weight is 355 g/mol. The highest BCUT2D eigenvalue weighted by Gasteiger charge is 2.50. The van der Waals surface area contributed by atoms with Crippen LogP contribution in [0.1, 0.15) is 84.9 Å². The number of carbonyl (C=O) groups is 3. The van der Waals surface area contributed by atoms with Crippen molar-refractivity contribution < 1.29 is 19.2 Å². The van der Waals surface area contributed by atoms with E-state index in [0.29, 0.717) is 22.1 Å². The van der Waals surface area contributed by atoms with E-state index in [1.54, 1.807) is 24.3 Å². The highest BCUT2D eigenvalue weighted by atomic mass is 16.7. The molecular weight excluding hydrogens is 330 g/mol. The third-order valence-corrected chi connectivity index (χ3v) is 6.47. The Bertz CT molecular complexity index is 694. The molecule has 0 saturated heterocycles. The standard InChI is InChI=1S/C21H25NO4/c23-18-16-11-5-6-12-17(16)19(24)22(18)26-20(25)21(13-7-2-8-14-21)15-9-3-1-4-10-15/h5-6,11-12,15H,1-4,7-10,13-14H2. The van der Waals surface area contributed by atoms with E-state index in [0.717, 1.165) is 57.8 Å². The topological polar surface area (TPSA) is 63.7 Å². The van der Waals surface area contributed by atoms with Crippen LogP contribution in [0, 0.1) is 11.3 Å². The molecule has 0 N–H and O–H groups in total. The van der Waals surface area contributed by atoms with Crippen molar-refractivity contribution >= 4 is 17.8 Å². The summed E-state index contributed by atoms with van der Waals surface area (Å²) < 4.78 is 0. The first-order chi connectivity index (χ1) is 12.6. The van der Waals surface area contributed by atoms with Gasteiger partial charge in [0.05, 0.1) is 16.5 Å². The van der Waals surface area contributed by atoms with Crippen LogP contribution in [0.25, 0.3) is 0 Å². The van der Waals surface area contributed by atoms with Gasteiger partial charge in [0.2, 0.25) is 0 Å². The van der Waals surface area contributed by atoms with Crippen LogP contribution in [0.5, 0.6) is 0 Å². The molecule has 2 saturated carbocycles. The Kier molecular flexibility index (Phi) is 4.55. The van der Waals surface area contributed by atoms with Gasteiger partial charge in [-0.2, -0.15) is 0 Å². The minimum atomic E-state index is -0.534. The average Bonchev–Trinajstić information content (AvgIpc) is 2.94. The van der Waals surface area contributed by atoms with Crippen molar-refractivity contribution in [1.82, 2.24) is 5.06 Å². The first kappa shape index (κ1) is 17.3. The summed E-state index contributed by atoms with van der Waals surface area (Å²) in [7, 11) is 0. The molecule has 2 amide bonds. The van der Waals surface area contributed by atoms with Crippen LogP contribution in [0.2, 0.25) is 0 Å². The molecular formula is C21H25NO4. The van der Waals surface area contributed by atoms with Gasteiger partial charge in [0.25, 0.3) is 11.8 Å². The van der Waals surface area contributed by atoms with Gasteiger partial charge in [-0.3, -0.25) is 9.59 Å². The number of imide groups is 1. The van der Waals surface area contributed by atoms with E-state index in [9.17, 15) is 14.4 Å². The predicted octanol–water partition coefficient (Wildman–Crippen LogP) is 4.27. The molecule has 26 heavy (non-hydrogen) atoms. The summed E-state index contributed by atoms with van der Waals surface area (Å²) in [5.41, 5.74) is 0.0786. The lowest BCUT2D eigenvalue weighted by atomic mass is 9.62. The lowest BCUT2D eigenvalue weighted by Crippen LogP contribution is -2.46. The molecule has 0 radical (unpaired) electrons. The van der Waals surface area contributed by atoms with Crippen molar-refractivity contribution in [1.29, 1.82) is 0 Å². The fraction of sp³-hybridized carbons (Fsp3) is 0.571. The van der Waals surface area contributed by atoms with E-state index in [4.69, 9.17) is 4.84 Å². The second-order valence-electron chi connectivity index (χ2n) is 7.88. The molecule has 3 aliphatic rings. The molecule has 0 aromatic heterocycles. The van der Waals surface area contributed by atoms with Crippen molar-refractivity contribution in [2.75, 3.05) is 0 Å². The van der Waals surface area contributed by atoms with E-state index < -0.39 is 17.2 Å². The van der Waals surface area contributed by atoms with E-state index in [1.807, 2.05) is 0 Å². The Hall–Kier alpha value is -2.17. The lowest BCUT2D eigenvalue weighted by molar-refractivity contribution is -0.189. The number of nitrogens with zero attached hydrogens (tertiary/aromatic N) is 1. The third kappa shape index (κ3) is 2.74. The number of rotatable bonds is 3. The van der Waals surface area contributed by atoms with Crippen molar-refractivity contribution in [3.8, 4) is 0 Å². The first-order valence-corrected chi connectivity index (χ1v) is 9.84. The fourth-order valence-electron chi connectivity index (χ4n) is 5.04. The highest BCUT2D eigenvalue weighted by Crippen LogP contribution is 2.49. The predicted molar refractivity (Wildman–Crippen MR) is 95.1 cm³/mol. The van der Waals surface area contributed by atoms with Crippen LogP contribution in [0.3, 0.4) is 0 Å². The van der Waals surface area contributed by atoms with E-state index >= 15 is 0 Å². The van der Waals surface area contributed by atoms with Gasteiger partial charge in [0.1, 0.15) is 0 Å². The van der Waals surface area contributed by atoms with Crippen molar-refractivity contribution in [2.24, 2.45) is 11.3 Å². The maximum absolute atomic E-state index is 13.2. The normalized spacial score (nSPS) is 23.0. The Morgan fingerprint density at radius 1 is 0.885 bits per heavy atom. The lowest BCUT2D eigenvalue weighted by Gasteiger charge is -2.43. The van der Waals surface area contributed by atoms with Gasteiger partial charge in [-0.05, 0) is 43.7 Å². The van der Waals surface area contributed by atoms with E-state index in [-0.39, 0.29) is 5.97 Å². The Labute approximate surface area is 153 Å². The molecule has 5 nitrogen and oxygen atoms in total. The van der Waals surface area contributed by atoms with Gasteiger partial charge in [-0.25, -0.2) is 4.79 Å². The van der Waals surface area contributed by atoms with Gasteiger partial charge in [-0.15, -0.1) is 0 Å². The minimum absolute atomic E-state index is 0.305. The molecule has 0 unspecified atom stereocenters. The second-order valence-corrected chi connectivity index (χ2v) is 7.88. The van der Waals surface area contributed by atoms with Gasteiger partial charge in [-0.1, -0.05) is 55.7 Å². The number of hydroxylamine groups is 2. The molecule has 0 bridgehead atoms. The minimum Gasteiger partial charge on any atom is -0.329 e. The zero-order valence-corrected chi connectivity index (χ0v) is 15.0. The van der Waals surface area contributed by atoms with Crippen molar-refractivity contribution in [3.63, 3.8) is 0 Å². The van der Waals surface area contributed by atoms with Gasteiger partial charge < -0.3 is 4.84 Å². The van der Waals surface area contributed by atoms with Crippen LogP contribution in [0.15, 0.2) is 24.3 Å². The van der Waals surface area contributed by atoms with Gasteiger partial charge in [0.15, 0.2) is 0 Å². The zero-order chi connectivity index (χ0) is 18.1. The summed E-state index contributed by atoms with van der Waals surface area (Å²) >= 11 is 0. The summed E-state index contributed by atoms with van der Waals surface area (Å²) in [6.07, 6.45) is 10.4. The number of benzene rings is 1. The first-order valence-electron chi connectivity index (χ1n) is 9.84. The maximum atomic E-state index is 13.2. The highest BCUT2D eigenvalue weighted by molar-refractivity contribution is 6.20. The molecule has 2 aliphatic carbocycles. The molecule has 4 rings (SSSR count).